The number of methoxy groups -OCH3 is 1. The average Bonchev–Trinajstić information content (AvgIpc) is 3.00. The molecule has 0 aliphatic rings. The molecule has 1 aromatic heterocycles. The summed E-state index contributed by atoms with van der Waals surface area (Å²) in [6.45, 7) is 0.912. The fourth-order valence-corrected chi connectivity index (χ4v) is 3.42. The number of benzene rings is 2. The highest BCUT2D eigenvalue weighted by atomic mass is 32.1. The first-order valence-corrected chi connectivity index (χ1v) is 8.02. The van der Waals surface area contributed by atoms with Crippen LogP contribution in [0.25, 0.3) is 10.1 Å². The lowest BCUT2D eigenvalue weighted by atomic mass is 10.1. The Bertz CT molecular complexity index is 844. The van der Waals surface area contributed by atoms with Gasteiger partial charge in [-0.2, -0.15) is 0 Å². The van der Waals surface area contributed by atoms with E-state index >= 15 is 0 Å². The number of thiophene rings is 1. The molecular weight excluding hydrogens is 313 g/mol. The van der Waals surface area contributed by atoms with Gasteiger partial charge in [-0.15, -0.1) is 11.3 Å². The van der Waals surface area contributed by atoms with Crippen LogP contribution in [0, 0.1) is 5.82 Å². The molecule has 0 atom stereocenters. The Kier molecular flexibility index (Phi) is 4.69. The minimum Gasteiger partial charge on any atom is -0.380 e. The number of halogens is 1. The van der Waals surface area contributed by atoms with Crippen molar-refractivity contribution in [2.45, 2.75) is 13.2 Å². The van der Waals surface area contributed by atoms with Crippen molar-refractivity contribution in [3.05, 3.63) is 70.4 Å². The van der Waals surface area contributed by atoms with E-state index in [2.05, 4.69) is 5.32 Å². The van der Waals surface area contributed by atoms with Gasteiger partial charge in [-0.1, -0.05) is 30.3 Å². The largest absolute Gasteiger partial charge is 0.380 e. The highest BCUT2D eigenvalue weighted by molar-refractivity contribution is 7.20. The van der Waals surface area contributed by atoms with Crippen molar-refractivity contribution in [3.63, 3.8) is 0 Å². The lowest BCUT2D eigenvalue weighted by Gasteiger charge is -2.09. The van der Waals surface area contributed by atoms with E-state index in [1.54, 1.807) is 19.2 Å². The molecule has 1 amide bonds. The summed E-state index contributed by atoms with van der Waals surface area (Å²) >= 11 is 1.29. The fourth-order valence-electron chi connectivity index (χ4n) is 2.43. The van der Waals surface area contributed by atoms with Gasteiger partial charge < -0.3 is 10.1 Å². The molecule has 1 N–H and O–H groups in total. The molecule has 0 saturated carbocycles. The van der Waals surface area contributed by atoms with Crippen molar-refractivity contribution >= 4 is 27.3 Å². The summed E-state index contributed by atoms with van der Waals surface area (Å²) in [5.41, 5.74) is 2.05. The summed E-state index contributed by atoms with van der Waals surface area (Å²) in [5, 5.41) is 3.38. The van der Waals surface area contributed by atoms with Crippen molar-refractivity contribution in [2.24, 2.45) is 0 Å². The van der Waals surface area contributed by atoms with Crippen molar-refractivity contribution in [1.82, 2.24) is 5.32 Å². The lowest BCUT2D eigenvalue weighted by Crippen LogP contribution is -2.22. The predicted octanol–water partition coefficient (Wildman–Crippen LogP) is 4.12. The van der Waals surface area contributed by atoms with Crippen LogP contribution in [0.1, 0.15) is 20.8 Å². The van der Waals surface area contributed by atoms with Crippen molar-refractivity contribution in [3.8, 4) is 0 Å². The van der Waals surface area contributed by atoms with Gasteiger partial charge in [0.25, 0.3) is 5.91 Å². The Morgan fingerprint density at radius 3 is 2.70 bits per heavy atom. The second-order valence-corrected chi connectivity index (χ2v) is 6.23. The van der Waals surface area contributed by atoms with E-state index in [4.69, 9.17) is 4.74 Å². The van der Waals surface area contributed by atoms with Gasteiger partial charge in [0.2, 0.25) is 0 Å². The molecule has 3 rings (SSSR count). The van der Waals surface area contributed by atoms with Crippen LogP contribution >= 0.6 is 11.3 Å². The van der Waals surface area contributed by atoms with Crippen molar-refractivity contribution in [2.75, 3.05) is 7.11 Å². The number of carbonyl (C=O) groups is 1. The van der Waals surface area contributed by atoms with Crippen LogP contribution in [0.3, 0.4) is 0 Å². The normalized spacial score (nSPS) is 10.9. The van der Waals surface area contributed by atoms with Crippen LogP contribution < -0.4 is 5.32 Å². The van der Waals surface area contributed by atoms with Crippen molar-refractivity contribution < 1.29 is 13.9 Å². The Hall–Kier alpha value is -2.24. The zero-order valence-corrected chi connectivity index (χ0v) is 13.5. The smallest absolute Gasteiger partial charge is 0.261 e. The fraction of sp³-hybridized carbons (Fsp3) is 0.167. The van der Waals surface area contributed by atoms with E-state index in [1.807, 2.05) is 30.3 Å². The third-order valence-corrected chi connectivity index (χ3v) is 4.69. The zero-order chi connectivity index (χ0) is 16.2. The van der Waals surface area contributed by atoms with Crippen LogP contribution in [-0.2, 0) is 17.9 Å². The summed E-state index contributed by atoms with van der Waals surface area (Å²) in [6, 6.07) is 14.3. The van der Waals surface area contributed by atoms with Crippen LogP contribution in [0.2, 0.25) is 0 Å². The first-order chi connectivity index (χ1) is 11.2. The Morgan fingerprint density at radius 2 is 1.96 bits per heavy atom. The number of hydrogen-bond acceptors (Lipinski definition) is 3. The third-order valence-electron chi connectivity index (χ3n) is 3.59. The maximum atomic E-state index is 13.7. The summed E-state index contributed by atoms with van der Waals surface area (Å²) in [4.78, 5) is 12.8. The third kappa shape index (κ3) is 3.41. The Balaban J connectivity index is 1.75. The SMILES string of the molecule is COCc1ccccc1CNC(=O)c1cc2c(F)cccc2s1. The number of nitrogens with one attached hydrogen (secondary N) is 1. The van der Waals surface area contributed by atoms with Crippen LogP contribution in [-0.4, -0.2) is 13.0 Å². The maximum Gasteiger partial charge on any atom is 0.261 e. The number of rotatable bonds is 5. The Labute approximate surface area is 137 Å². The number of fused-ring (bicyclic) bond motifs is 1. The topological polar surface area (TPSA) is 38.3 Å². The zero-order valence-electron chi connectivity index (χ0n) is 12.6. The van der Waals surface area contributed by atoms with E-state index in [9.17, 15) is 9.18 Å². The molecule has 0 bridgehead atoms. The summed E-state index contributed by atoms with van der Waals surface area (Å²) < 4.78 is 19.6. The standard InChI is InChI=1S/C18H16FNO2S/c1-22-11-13-6-3-2-5-12(13)10-20-18(21)17-9-14-15(19)7-4-8-16(14)23-17/h2-9H,10-11H2,1H3,(H,20,21). The molecule has 23 heavy (non-hydrogen) atoms. The average molecular weight is 329 g/mol. The summed E-state index contributed by atoms with van der Waals surface area (Å²) in [6.07, 6.45) is 0. The molecule has 3 aromatic rings. The molecule has 0 aliphatic heterocycles. The van der Waals surface area contributed by atoms with E-state index in [0.717, 1.165) is 15.8 Å². The van der Waals surface area contributed by atoms with Gasteiger partial charge in [0.05, 0.1) is 11.5 Å². The second-order valence-electron chi connectivity index (χ2n) is 5.15. The van der Waals surface area contributed by atoms with Gasteiger partial charge in [-0.3, -0.25) is 4.79 Å². The van der Waals surface area contributed by atoms with Crippen LogP contribution in [0.5, 0.6) is 0 Å². The highest BCUT2D eigenvalue weighted by Crippen LogP contribution is 2.27. The minimum atomic E-state index is -0.303. The van der Waals surface area contributed by atoms with Gasteiger partial charge in [0.15, 0.2) is 0 Å². The molecule has 118 valence electrons. The number of hydrogen-bond donors (Lipinski definition) is 1. The number of carbonyl (C=O) groups excluding carboxylic acids is 1. The van der Waals surface area contributed by atoms with Gasteiger partial charge in [-0.05, 0) is 29.3 Å². The van der Waals surface area contributed by atoms with Gasteiger partial charge in [0.1, 0.15) is 5.82 Å². The van der Waals surface area contributed by atoms with Gasteiger partial charge in [0, 0.05) is 23.7 Å². The Morgan fingerprint density at radius 1 is 1.17 bits per heavy atom. The molecule has 0 aliphatic carbocycles. The molecule has 0 spiro atoms. The molecule has 0 saturated heterocycles. The van der Waals surface area contributed by atoms with E-state index in [-0.39, 0.29) is 11.7 Å². The highest BCUT2D eigenvalue weighted by Gasteiger charge is 2.12. The van der Waals surface area contributed by atoms with Gasteiger partial charge >= 0.3 is 0 Å². The monoisotopic (exact) mass is 329 g/mol. The summed E-state index contributed by atoms with van der Waals surface area (Å²) in [5.74, 6) is -0.499. The van der Waals surface area contributed by atoms with E-state index in [1.165, 1.54) is 17.4 Å². The molecule has 3 nitrogen and oxygen atoms in total. The van der Waals surface area contributed by atoms with E-state index < -0.39 is 0 Å². The van der Waals surface area contributed by atoms with Crippen LogP contribution in [0.15, 0.2) is 48.5 Å². The maximum absolute atomic E-state index is 13.7. The molecule has 2 aromatic carbocycles. The van der Waals surface area contributed by atoms with Crippen LogP contribution in [0.4, 0.5) is 4.39 Å². The number of amides is 1. The lowest BCUT2D eigenvalue weighted by molar-refractivity contribution is 0.0954. The molecular formula is C18H16FNO2S. The second kappa shape index (κ2) is 6.89. The van der Waals surface area contributed by atoms with Crippen molar-refractivity contribution in [1.29, 1.82) is 0 Å². The predicted molar refractivity (Wildman–Crippen MR) is 90.1 cm³/mol. The molecule has 1 heterocycles. The molecule has 0 unspecified atom stereocenters. The van der Waals surface area contributed by atoms with Gasteiger partial charge in [-0.25, -0.2) is 4.39 Å². The molecule has 0 fully saturated rings. The van der Waals surface area contributed by atoms with E-state index in [0.29, 0.717) is 23.4 Å². The molecule has 5 heteroatoms. The minimum absolute atomic E-state index is 0.196. The number of ether oxygens (including phenoxy) is 1. The first kappa shape index (κ1) is 15.6. The quantitative estimate of drug-likeness (QED) is 0.765. The molecule has 0 radical (unpaired) electrons. The summed E-state index contributed by atoms with van der Waals surface area (Å²) in [7, 11) is 1.64. The first-order valence-electron chi connectivity index (χ1n) is 7.21.